The Bertz CT molecular complexity index is 1600. The van der Waals surface area contributed by atoms with Gasteiger partial charge < -0.3 is 19.9 Å². The van der Waals surface area contributed by atoms with Crippen molar-refractivity contribution in [2.75, 3.05) is 39.4 Å². The Morgan fingerprint density at radius 2 is 1.16 bits per heavy atom. The summed E-state index contributed by atoms with van der Waals surface area (Å²) in [5.41, 5.74) is 5.06. The number of fused-ring (bicyclic) bond motifs is 4. The first-order valence-corrected chi connectivity index (χ1v) is 22.0. The van der Waals surface area contributed by atoms with Crippen molar-refractivity contribution in [2.24, 2.45) is 10.8 Å². The lowest BCUT2D eigenvalue weighted by molar-refractivity contribution is -0.173. The van der Waals surface area contributed by atoms with E-state index in [0.29, 0.717) is 55.4 Å². The van der Waals surface area contributed by atoms with Crippen LogP contribution in [-0.4, -0.2) is 146 Å². The Hall–Kier alpha value is -2.94. The van der Waals surface area contributed by atoms with Gasteiger partial charge in [0.1, 0.15) is 12.1 Å². The monoisotopic (exact) mass is 837 g/mol. The molecular formula is C32H51N7O15S2. The van der Waals surface area contributed by atoms with E-state index >= 15 is 0 Å². The number of urea groups is 2. The summed E-state index contributed by atoms with van der Waals surface area (Å²) in [5, 5.41) is 4.66. The zero-order chi connectivity index (χ0) is 39.9. The van der Waals surface area contributed by atoms with Gasteiger partial charge in [-0.15, -0.1) is 8.57 Å². The second kappa shape index (κ2) is 16.4. The first-order valence-electron chi connectivity index (χ1n) is 19.3. The molecule has 6 amide bonds. The van der Waals surface area contributed by atoms with E-state index in [1.54, 1.807) is 0 Å². The van der Waals surface area contributed by atoms with Crippen LogP contribution in [0.2, 0.25) is 0 Å². The molecule has 24 heteroatoms. The van der Waals surface area contributed by atoms with Crippen LogP contribution in [0.5, 0.6) is 0 Å². The number of rotatable bonds is 10. The Labute approximate surface area is 324 Å². The molecule has 2 spiro atoms. The quantitative estimate of drug-likeness (QED) is 0.147. The molecular weight excluding hydrogens is 787 g/mol. The predicted octanol–water partition coefficient (Wildman–Crippen LogP) is 0.346. The molecule has 8 aliphatic rings. The van der Waals surface area contributed by atoms with Gasteiger partial charge in [0.15, 0.2) is 0 Å². The first-order chi connectivity index (χ1) is 26.6. The molecule has 6 aliphatic heterocycles. The average Bonchev–Trinajstić information content (AvgIpc) is 3.92. The largest absolute Gasteiger partial charge is 0.418 e. The summed E-state index contributed by atoms with van der Waals surface area (Å²) in [5.74, 6) is -0.868. The van der Waals surface area contributed by atoms with Crippen LogP contribution in [0.3, 0.4) is 0 Å². The standard InChI is InChI=1S/C16H26N4O7S.C16H25N3O8S/c21-14(18-26-13-5-8-17-10-16(13)6-1-2-7-16)12-4-3-11-9-19(12)15(22)20(11)27-28(23,24)25;20-14(17-26-13-5-8-25-10-16(13)6-1-2-7-16)12-4-3-11-9-18(12)15(21)19(11)27-28(22,23)24/h11-13,17H,1-10H2,(H,18,21)(H,23,24,25);11-13H,1-10H2,(H,17,20)(H,22,23,24)/t2*11-,12+,13?/m11/s1. The molecule has 22 nitrogen and oxygen atoms in total. The number of carbonyl (C=O) groups excluding carboxylic acids is 4. The molecule has 0 radical (unpaired) electrons. The first kappa shape index (κ1) is 41.2. The normalized spacial score (nSPS) is 32.2. The van der Waals surface area contributed by atoms with Gasteiger partial charge in [0.25, 0.3) is 11.8 Å². The van der Waals surface area contributed by atoms with Crippen LogP contribution in [0.15, 0.2) is 0 Å². The minimum atomic E-state index is -4.81. The van der Waals surface area contributed by atoms with Gasteiger partial charge in [-0.25, -0.2) is 20.5 Å². The summed E-state index contributed by atoms with van der Waals surface area (Å²) in [6.45, 7) is 3.23. The van der Waals surface area contributed by atoms with Crippen molar-refractivity contribution in [1.29, 1.82) is 0 Å². The van der Waals surface area contributed by atoms with E-state index in [4.69, 9.17) is 23.5 Å². The van der Waals surface area contributed by atoms with Gasteiger partial charge in [-0.05, 0) is 64.3 Å². The Balaban J connectivity index is 0.000000172. The molecule has 6 heterocycles. The summed E-state index contributed by atoms with van der Waals surface area (Å²) >= 11 is 0. The van der Waals surface area contributed by atoms with E-state index in [1.807, 2.05) is 0 Å². The number of piperidine rings is 3. The van der Waals surface area contributed by atoms with Crippen LogP contribution in [-0.2, 0) is 53.4 Å². The minimum Gasteiger partial charge on any atom is -0.381 e. The van der Waals surface area contributed by atoms with Crippen molar-refractivity contribution < 1.29 is 68.1 Å². The lowest BCUT2D eigenvalue weighted by atomic mass is 9.77. The molecule has 2 aliphatic carbocycles. The maximum Gasteiger partial charge on any atom is 0.418 e. The van der Waals surface area contributed by atoms with Crippen LogP contribution < -0.4 is 16.3 Å². The maximum atomic E-state index is 12.7. The second-order valence-electron chi connectivity index (χ2n) is 16.1. The van der Waals surface area contributed by atoms with Crippen molar-refractivity contribution in [3.05, 3.63) is 0 Å². The van der Waals surface area contributed by atoms with Crippen LogP contribution >= 0.6 is 0 Å². The molecule has 0 aromatic heterocycles. The number of carbonyl (C=O) groups is 4. The van der Waals surface area contributed by atoms with Gasteiger partial charge in [0.2, 0.25) is 0 Å². The van der Waals surface area contributed by atoms with Crippen LogP contribution in [0, 0.1) is 10.8 Å². The highest BCUT2D eigenvalue weighted by molar-refractivity contribution is 7.81. The number of nitrogens with one attached hydrogen (secondary N) is 3. The van der Waals surface area contributed by atoms with E-state index in [0.717, 1.165) is 70.9 Å². The van der Waals surface area contributed by atoms with Crippen LogP contribution in [0.4, 0.5) is 9.59 Å². The Morgan fingerprint density at radius 1 is 0.696 bits per heavy atom. The fraction of sp³-hybridized carbons (Fsp3) is 0.875. The molecule has 56 heavy (non-hydrogen) atoms. The molecule has 2 saturated carbocycles. The van der Waals surface area contributed by atoms with Crippen LogP contribution in [0.25, 0.3) is 0 Å². The molecule has 316 valence electrons. The van der Waals surface area contributed by atoms with E-state index in [2.05, 4.69) is 24.8 Å². The van der Waals surface area contributed by atoms with Crippen molar-refractivity contribution in [1.82, 2.24) is 36.2 Å². The smallest absolute Gasteiger partial charge is 0.381 e. The van der Waals surface area contributed by atoms with E-state index in [1.165, 1.54) is 9.80 Å². The van der Waals surface area contributed by atoms with Crippen molar-refractivity contribution in [3.63, 3.8) is 0 Å². The van der Waals surface area contributed by atoms with Gasteiger partial charge in [0.05, 0.1) is 30.9 Å². The number of hydrogen-bond acceptors (Lipinski definition) is 14. The summed E-state index contributed by atoms with van der Waals surface area (Å²) < 4.78 is 75.9. The van der Waals surface area contributed by atoms with Gasteiger partial charge >= 0.3 is 32.9 Å². The lowest BCUT2D eigenvalue weighted by Gasteiger charge is -2.41. The van der Waals surface area contributed by atoms with Crippen molar-refractivity contribution in [2.45, 2.75) is 126 Å². The van der Waals surface area contributed by atoms with Crippen molar-refractivity contribution in [3.8, 4) is 0 Å². The van der Waals surface area contributed by atoms with Gasteiger partial charge in [-0.1, -0.05) is 25.7 Å². The highest BCUT2D eigenvalue weighted by Gasteiger charge is 2.52. The fourth-order valence-corrected chi connectivity index (χ4v) is 10.7. The predicted molar refractivity (Wildman–Crippen MR) is 188 cm³/mol. The van der Waals surface area contributed by atoms with Crippen LogP contribution in [0.1, 0.15) is 89.9 Å². The Morgan fingerprint density at radius 3 is 1.64 bits per heavy atom. The summed E-state index contributed by atoms with van der Waals surface area (Å²) in [6.07, 6.45) is 11.5. The molecule has 6 saturated heterocycles. The summed E-state index contributed by atoms with van der Waals surface area (Å²) in [6, 6.07) is -4.12. The minimum absolute atomic E-state index is 0.0484. The SMILES string of the molecule is O=C(NOC1CCNCC12CCCC2)[C@@H]1CC[C@@H]2CN1C(=O)N2OS(=O)(=O)O.O=C(NOC1CCOCC12CCCC2)[C@@H]1CC[C@@H]2CN1C(=O)N2OS(=O)(=O)O. The molecule has 0 aromatic carbocycles. The zero-order valence-corrected chi connectivity index (χ0v) is 32.5. The number of hydroxylamine groups is 6. The van der Waals surface area contributed by atoms with Gasteiger partial charge in [-0.3, -0.25) is 28.4 Å². The number of amides is 6. The van der Waals surface area contributed by atoms with E-state index < -0.39 is 68.8 Å². The highest BCUT2D eigenvalue weighted by Crippen LogP contribution is 2.46. The lowest BCUT2D eigenvalue weighted by Crippen LogP contribution is -2.54. The number of ether oxygens (including phenoxy) is 1. The third kappa shape index (κ3) is 8.73. The summed E-state index contributed by atoms with van der Waals surface area (Å²) in [4.78, 5) is 64.3. The van der Waals surface area contributed by atoms with E-state index in [-0.39, 0.29) is 36.1 Å². The third-order valence-corrected chi connectivity index (χ3v) is 13.4. The fourth-order valence-electron chi connectivity index (χ4n) is 9.95. The second-order valence-corrected chi connectivity index (χ2v) is 18.1. The number of hydrogen-bond donors (Lipinski definition) is 5. The van der Waals surface area contributed by atoms with Gasteiger partial charge in [0, 0.05) is 43.5 Å². The summed E-state index contributed by atoms with van der Waals surface area (Å²) in [7, 11) is -9.62. The number of nitrogens with zero attached hydrogens (tertiary/aromatic N) is 4. The molecule has 2 unspecified atom stereocenters. The molecule has 0 aromatic rings. The molecule has 5 N–H and O–H groups in total. The maximum absolute atomic E-state index is 12.7. The molecule has 4 bridgehead atoms. The Kier molecular flexibility index (Phi) is 12.1. The molecule has 6 atom stereocenters. The molecule has 8 rings (SSSR count). The zero-order valence-electron chi connectivity index (χ0n) is 30.9. The topological polar surface area (TPSA) is 272 Å². The van der Waals surface area contributed by atoms with E-state index in [9.17, 15) is 36.0 Å². The van der Waals surface area contributed by atoms with Crippen molar-refractivity contribution >= 4 is 44.7 Å². The third-order valence-electron chi connectivity index (χ3n) is 12.7. The van der Waals surface area contributed by atoms with Gasteiger partial charge in [-0.2, -0.15) is 27.0 Å². The molecule has 8 fully saturated rings. The average molecular weight is 838 g/mol. The highest BCUT2D eigenvalue weighted by atomic mass is 32.3.